The first-order chi connectivity index (χ1) is 15.1. The third-order valence-electron chi connectivity index (χ3n) is 5.12. The van der Waals surface area contributed by atoms with E-state index in [-0.39, 0.29) is 17.9 Å². The number of amides is 1. The van der Waals surface area contributed by atoms with Gasteiger partial charge in [0.05, 0.1) is 17.7 Å². The van der Waals surface area contributed by atoms with Gasteiger partial charge >= 0.3 is 5.97 Å². The molecular weight excluding hydrogens is 414 g/mol. The van der Waals surface area contributed by atoms with Gasteiger partial charge in [-0.3, -0.25) is 4.79 Å². The number of hydrogen-bond acceptors (Lipinski definition) is 7. The molecule has 3 heterocycles. The number of anilines is 3. The molecule has 0 saturated carbocycles. The number of aromatic nitrogens is 2. The number of rotatable bonds is 6. The fourth-order valence-corrected chi connectivity index (χ4v) is 4.31. The summed E-state index contributed by atoms with van der Waals surface area (Å²) in [5, 5.41) is 14.4. The summed E-state index contributed by atoms with van der Waals surface area (Å²) in [6.07, 6.45) is 4.59. The van der Waals surface area contributed by atoms with Crippen LogP contribution in [0.15, 0.2) is 54.2 Å². The van der Waals surface area contributed by atoms with Crippen molar-refractivity contribution in [2.75, 3.05) is 41.3 Å². The number of aromatic carboxylic acids is 1. The molecule has 0 atom stereocenters. The van der Waals surface area contributed by atoms with E-state index in [2.05, 4.69) is 25.1 Å². The minimum atomic E-state index is -1.07. The monoisotopic (exact) mass is 437 g/mol. The van der Waals surface area contributed by atoms with Gasteiger partial charge in [0.1, 0.15) is 0 Å². The quantitative estimate of drug-likeness (QED) is 0.611. The first kappa shape index (κ1) is 20.8. The molecule has 4 rings (SSSR count). The van der Waals surface area contributed by atoms with E-state index in [0.29, 0.717) is 11.6 Å². The van der Waals surface area contributed by atoms with Crippen molar-refractivity contribution in [2.24, 2.45) is 0 Å². The Bertz CT molecular complexity index is 1040. The van der Waals surface area contributed by atoms with Crippen molar-refractivity contribution in [1.29, 1.82) is 0 Å². The van der Waals surface area contributed by atoms with Crippen molar-refractivity contribution >= 4 is 40.5 Å². The highest BCUT2D eigenvalue weighted by molar-refractivity contribution is 7.10. The number of carboxylic acid groups (broad SMARTS) is 1. The lowest BCUT2D eigenvalue weighted by Gasteiger charge is -2.24. The first-order valence-corrected chi connectivity index (χ1v) is 10.9. The highest BCUT2D eigenvalue weighted by Crippen LogP contribution is 2.25. The summed E-state index contributed by atoms with van der Waals surface area (Å²) in [6.45, 7) is 3.10. The second-order valence-corrected chi connectivity index (χ2v) is 8.25. The van der Waals surface area contributed by atoms with Crippen LogP contribution in [0.1, 0.15) is 21.7 Å². The molecule has 3 aromatic rings. The van der Waals surface area contributed by atoms with Crippen molar-refractivity contribution < 1.29 is 14.7 Å². The van der Waals surface area contributed by atoms with E-state index < -0.39 is 5.97 Å². The third kappa shape index (κ3) is 5.18. The zero-order valence-electron chi connectivity index (χ0n) is 16.9. The van der Waals surface area contributed by atoms with E-state index in [1.165, 1.54) is 11.3 Å². The second-order valence-electron chi connectivity index (χ2n) is 7.22. The van der Waals surface area contributed by atoms with Gasteiger partial charge in [0, 0.05) is 49.1 Å². The molecule has 1 amide bonds. The Labute approximate surface area is 184 Å². The fourth-order valence-electron chi connectivity index (χ4n) is 3.61. The molecule has 2 N–H and O–H groups in total. The average molecular weight is 438 g/mol. The minimum Gasteiger partial charge on any atom is -0.478 e. The normalized spacial score (nSPS) is 14.2. The van der Waals surface area contributed by atoms with E-state index in [4.69, 9.17) is 0 Å². The number of carbonyl (C=O) groups is 2. The van der Waals surface area contributed by atoms with Crippen LogP contribution in [0, 0.1) is 0 Å². The standard InChI is InChI=1S/C22H23N5O3S/c28-20(15-17-4-1-13-31-17)25-19-6-5-16(14-18(19)21(29)30)26-9-3-10-27(12-11-26)22-23-7-2-8-24-22/h1-2,4-8,13-14H,3,9-12,15H2,(H,25,28)(H,29,30). The largest absolute Gasteiger partial charge is 0.478 e. The number of hydrogen-bond donors (Lipinski definition) is 2. The molecule has 9 heteroatoms. The number of carboxylic acids is 1. The molecule has 0 aliphatic carbocycles. The summed E-state index contributed by atoms with van der Waals surface area (Å²) in [7, 11) is 0. The summed E-state index contributed by atoms with van der Waals surface area (Å²) in [6, 6.07) is 10.7. The van der Waals surface area contributed by atoms with Crippen molar-refractivity contribution in [3.8, 4) is 0 Å². The zero-order valence-corrected chi connectivity index (χ0v) is 17.7. The Morgan fingerprint density at radius 3 is 2.55 bits per heavy atom. The van der Waals surface area contributed by atoms with Crippen molar-refractivity contribution in [3.63, 3.8) is 0 Å². The maximum absolute atomic E-state index is 12.3. The van der Waals surface area contributed by atoms with E-state index in [1.807, 2.05) is 23.6 Å². The van der Waals surface area contributed by atoms with Crippen LogP contribution in [0.3, 0.4) is 0 Å². The van der Waals surface area contributed by atoms with E-state index in [1.54, 1.807) is 30.6 Å². The minimum absolute atomic E-state index is 0.0875. The van der Waals surface area contributed by atoms with Gasteiger partial charge in [0.25, 0.3) is 0 Å². The molecule has 0 spiro atoms. The van der Waals surface area contributed by atoms with E-state index >= 15 is 0 Å². The molecule has 0 radical (unpaired) electrons. The molecule has 2 aromatic heterocycles. The summed E-state index contributed by atoms with van der Waals surface area (Å²) >= 11 is 1.50. The predicted molar refractivity (Wildman–Crippen MR) is 121 cm³/mol. The first-order valence-electron chi connectivity index (χ1n) is 10.1. The molecule has 0 unspecified atom stereocenters. The van der Waals surface area contributed by atoms with Crippen LogP contribution in [0.25, 0.3) is 0 Å². The zero-order chi connectivity index (χ0) is 21.6. The third-order valence-corrected chi connectivity index (χ3v) is 5.99. The molecule has 160 valence electrons. The van der Waals surface area contributed by atoms with Crippen LogP contribution >= 0.6 is 11.3 Å². The van der Waals surface area contributed by atoms with Gasteiger partial charge in [-0.25, -0.2) is 14.8 Å². The van der Waals surface area contributed by atoms with Crippen LogP contribution < -0.4 is 15.1 Å². The highest BCUT2D eigenvalue weighted by Gasteiger charge is 2.20. The topological polar surface area (TPSA) is 98.7 Å². The Kier molecular flexibility index (Phi) is 6.42. The highest BCUT2D eigenvalue weighted by atomic mass is 32.1. The van der Waals surface area contributed by atoms with Gasteiger partial charge < -0.3 is 20.2 Å². The molecule has 1 fully saturated rings. The molecule has 1 saturated heterocycles. The number of benzene rings is 1. The van der Waals surface area contributed by atoms with Gasteiger partial charge in [-0.05, 0) is 42.1 Å². The number of carbonyl (C=O) groups excluding carboxylic acids is 1. The van der Waals surface area contributed by atoms with Gasteiger partial charge in [0.15, 0.2) is 0 Å². The number of thiophene rings is 1. The maximum Gasteiger partial charge on any atom is 0.337 e. The Hall–Kier alpha value is -3.46. The van der Waals surface area contributed by atoms with Crippen LogP contribution in [0.5, 0.6) is 0 Å². The van der Waals surface area contributed by atoms with Crippen LogP contribution in [0.4, 0.5) is 17.3 Å². The molecule has 0 bridgehead atoms. The lowest BCUT2D eigenvalue weighted by molar-refractivity contribution is -0.115. The van der Waals surface area contributed by atoms with Crippen molar-refractivity contribution in [3.05, 3.63) is 64.6 Å². The van der Waals surface area contributed by atoms with Crippen LogP contribution in [-0.2, 0) is 11.2 Å². The lowest BCUT2D eigenvalue weighted by atomic mass is 10.1. The van der Waals surface area contributed by atoms with E-state index in [0.717, 1.165) is 43.2 Å². The molecule has 8 nitrogen and oxygen atoms in total. The molecule has 1 aliphatic rings. The Morgan fingerprint density at radius 2 is 1.81 bits per heavy atom. The lowest BCUT2D eigenvalue weighted by Crippen LogP contribution is -2.31. The van der Waals surface area contributed by atoms with Gasteiger partial charge in [-0.1, -0.05) is 6.07 Å². The van der Waals surface area contributed by atoms with Gasteiger partial charge in [-0.2, -0.15) is 0 Å². The summed E-state index contributed by atoms with van der Waals surface area (Å²) in [5.41, 5.74) is 1.22. The van der Waals surface area contributed by atoms with Crippen molar-refractivity contribution in [2.45, 2.75) is 12.8 Å². The predicted octanol–water partition coefficient (Wildman–Crippen LogP) is 3.13. The number of nitrogens with zero attached hydrogens (tertiary/aromatic N) is 4. The summed E-state index contributed by atoms with van der Waals surface area (Å²) in [5.74, 6) is -0.590. The van der Waals surface area contributed by atoms with Crippen LogP contribution in [-0.4, -0.2) is 53.1 Å². The summed E-state index contributed by atoms with van der Waals surface area (Å²) in [4.78, 5) is 38.1. The maximum atomic E-state index is 12.3. The molecule has 31 heavy (non-hydrogen) atoms. The smallest absolute Gasteiger partial charge is 0.337 e. The van der Waals surface area contributed by atoms with E-state index in [9.17, 15) is 14.7 Å². The molecule has 1 aliphatic heterocycles. The Balaban J connectivity index is 1.47. The average Bonchev–Trinajstić information content (AvgIpc) is 3.15. The summed E-state index contributed by atoms with van der Waals surface area (Å²) < 4.78 is 0. The van der Waals surface area contributed by atoms with Gasteiger partial charge in [0.2, 0.25) is 11.9 Å². The molecular formula is C22H23N5O3S. The van der Waals surface area contributed by atoms with Crippen LogP contribution in [0.2, 0.25) is 0 Å². The SMILES string of the molecule is O=C(Cc1cccs1)Nc1ccc(N2CCCN(c3ncccn3)CC2)cc1C(=O)O. The second kappa shape index (κ2) is 9.57. The van der Waals surface area contributed by atoms with Crippen molar-refractivity contribution in [1.82, 2.24) is 9.97 Å². The number of nitrogens with one attached hydrogen (secondary N) is 1. The van der Waals surface area contributed by atoms with Gasteiger partial charge in [-0.15, -0.1) is 11.3 Å². The molecule has 1 aromatic carbocycles. The Morgan fingerprint density at radius 1 is 1.03 bits per heavy atom. The fraction of sp³-hybridized carbons (Fsp3) is 0.273.